The number of aryl methyl sites for hydroxylation is 1. The van der Waals surface area contributed by atoms with Gasteiger partial charge in [-0.25, -0.2) is 0 Å². The molecular weight excluding hydrogens is 360 g/mol. The lowest BCUT2D eigenvalue weighted by Crippen LogP contribution is -1.75. The molecule has 3 nitrogen and oxygen atoms in total. The van der Waals surface area contributed by atoms with Crippen molar-refractivity contribution in [3.63, 3.8) is 0 Å². The lowest BCUT2D eigenvalue weighted by Gasteiger charge is -2.02. The molecule has 18 heavy (non-hydrogen) atoms. The zero-order valence-corrected chi connectivity index (χ0v) is 12.7. The third-order valence-corrected chi connectivity index (χ3v) is 3.42. The number of rotatable bonds is 2. The van der Waals surface area contributed by atoms with Gasteiger partial charge in [0.1, 0.15) is 5.69 Å². The lowest BCUT2D eigenvalue weighted by atomic mass is 10.2. The largest absolute Gasteiger partial charge is 0.505 e. The summed E-state index contributed by atoms with van der Waals surface area (Å²) in [4.78, 5) is 0. The molecule has 0 bridgehead atoms. The summed E-state index contributed by atoms with van der Waals surface area (Å²) in [7, 11) is 0. The first-order valence-corrected chi connectivity index (χ1v) is 6.81. The molecule has 5 heteroatoms. The van der Waals surface area contributed by atoms with Gasteiger partial charge in [-0.05, 0) is 64.8 Å². The Morgan fingerprint density at radius 1 is 1.00 bits per heavy atom. The average Bonchev–Trinajstić information content (AvgIpc) is 2.34. The lowest BCUT2D eigenvalue weighted by molar-refractivity contribution is 0.473. The molecule has 0 heterocycles. The Kier molecular flexibility index (Phi) is 4.14. The van der Waals surface area contributed by atoms with Crippen molar-refractivity contribution in [1.29, 1.82) is 0 Å². The van der Waals surface area contributed by atoms with Crippen LogP contribution in [-0.4, -0.2) is 5.11 Å². The number of halogens is 2. The number of aromatic hydroxyl groups is 1. The van der Waals surface area contributed by atoms with Gasteiger partial charge in [0, 0.05) is 4.47 Å². The van der Waals surface area contributed by atoms with Crippen LogP contribution >= 0.6 is 31.9 Å². The summed E-state index contributed by atoms with van der Waals surface area (Å²) in [6, 6.07) is 11.1. The van der Waals surface area contributed by atoms with E-state index in [9.17, 15) is 5.11 Å². The van der Waals surface area contributed by atoms with E-state index in [1.54, 1.807) is 6.07 Å². The molecule has 0 saturated carbocycles. The van der Waals surface area contributed by atoms with Gasteiger partial charge in [-0.2, -0.15) is 5.11 Å². The number of hydrogen-bond acceptors (Lipinski definition) is 3. The van der Waals surface area contributed by atoms with Crippen LogP contribution in [0.25, 0.3) is 0 Å². The Morgan fingerprint density at radius 2 is 1.67 bits per heavy atom. The van der Waals surface area contributed by atoms with Gasteiger partial charge >= 0.3 is 0 Å². The predicted molar refractivity (Wildman–Crippen MR) is 78.9 cm³/mol. The number of azo groups is 1. The van der Waals surface area contributed by atoms with E-state index in [2.05, 4.69) is 42.1 Å². The van der Waals surface area contributed by atoms with E-state index in [4.69, 9.17) is 0 Å². The third-order valence-electron chi connectivity index (χ3n) is 2.29. The van der Waals surface area contributed by atoms with Gasteiger partial charge < -0.3 is 5.11 Å². The van der Waals surface area contributed by atoms with Crippen LogP contribution in [0.4, 0.5) is 11.4 Å². The highest BCUT2D eigenvalue weighted by Crippen LogP contribution is 2.36. The van der Waals surface area contributed by atoms with E-state index in [-0.39, 0.29) is 5.75 Å². The second kappa shape index (κ2) is 5.63. The van der Waals surface area contributed by atoms with Gasteiger partial charge in [-0.1, -0.05) is 15.9 Å². The number of phenolic OH excluding ortho intramolecular Hbond substituents is 1. The Labute approximate surface area is 122 Å². The fraction of sp³-hybridized carbons (Fsp3) is 0.0769. The second-order valence-corrected chi connectivity index (χ2v) is 5.56. The van der Waals surface area contributed by atoms with Crippen molar-refractivity contribution in [2.24, 2.45) is 10.2 Å². The number of hydrogen-bond donors (Lipinski definition) is 1. The van der Waals surface area contributed by atoms with Crippen molar-refractivity contribution >= 4 is 43.2 Å². The van der Waals surface area contributed by atoms with Crippen LogP contribution < -0.4 is 0 Å². The van der Waals surface area contributed by atoms with Gasteiger partial charge in [-0.3, -0.25) is 0 Å². The van der Waals surface area contributed by atoms with Crippen molar-refractivity contribution in [2.75, 3.05) is 0 Å². The Balaban J connectivity index is 2.31. The van der Waals surface area contributed by atoms with Crippen LogP contribution in [0.1, 0.15) is 5.56 Å². The minimum absolute atomic E-state index is 0.0986. The van der Waals surface area contributed by atoms with Crippen molar-refractivity contribution < 1.29 is 5.11 Å². The van der Waals surface area contributed by atoms with Crippen molar-refractivity contribution in [3.05, 3.63) is 50.9 Å². The van der Waals surface area contributed by atoms with Crippen molar-refractivity contribution in [1.82, 2.24) is 0 Å². The zero-order chi connectivity index (χ0) is 13.1. The summed E-state index contributed by atoms with van der Waals surface area (Å²) in [5, 5.41) is 18.0. The van der Waals surface area contributed by atoms with E-state index >= 15 is 0 Å². The molecule has 0 atom stereocenters. The quantitative estimate of drug-likeness (QED) is 0.684. The first kappa shape index (κ1) is 13.2. The van der Waals surface area contributed by atoms with E-state index < -0.39 is 0 Å². The highest BCUT2D eigenvalue weighted by Gasteiger charge is 2.05. The molecule has 0 unspecified atom stereocenters. The van der Waals surface area contributed by atoms with Crippen LogP contribution in [-0.2, 0) is 0 Å². The molecule has 1 N–H and O–H groups in total. The summed E-state index contributed by atoms with van der Waals surface area (Å²) in [6.45, 7) is 1.93. The van der Waals surface area contributed by atoms with Crippen LogP contribution in [0, 0.1) is 6.92 Å². The number of benzene rings is 2. The molecule has 0 aliphatic carbocycles. The van der Waals surface area contributed by atoms with E-state index in [0.717, 1.165) is 15.7 Å². The van der Waals surface area contributed by atoms with Crippen LogP contribution in [0.5, 0.6) is 5.75 Å². The standard InChI is InChI=1S/C13H10Br2N2O/c1-8-6-11(15)13(18)12(7-8)17-16-10-4-2-9(14)3-5-10/h2-7,18H,1H3. The maximum Gasteiger partial charge on any atom is 0.157 e. The first-order valence-electron chi connectivity index (χ1n) is 5.22. The summed E-state index contributed by atoms with van der Waals surface area (Å²) in [5.74, 6) is 0.0986. The molecule has 0 spiro atoms. The molecule has 0 aliphatic heterocycles. The second-order valence-electron chi connectivity index (χ2n) is 3.79. The molecule has 0 aliphatic rings. The zero-order valence-electron chi connectivity index (χ0n) is 9.56. The predicted octanol–water partition coefficient (Wildman–Crippen LogP) is 5.64. The Bertz CT molecular complexity index is 595. The molecule has 2 aromatic rings. The monoisotopic (exact) mass is 368 g/mol. The number of nitrogens with zero attached hydrogens (tertiary/aromatic N) is 2. The first-order chi connectivity index (χ1) is 8.56. The molecule has 0 saturated heterocycles. The van der Waals surface area contributed by atoms with Gasteiger partial charge in [0.15, 0.2) is 5.75 Å². The molecular formula is C13H10Br2N2O. The highest BCUT2D eigenvalue weighted by atomic mass is 79.9. The van der Waals surface area contributed by atoms with Crippen LogP contribution in [0.15, 0.2) is 55.6 Å². The molecule has 2 rings (SSSR count). The van der Waals surface area contributed by atoms with Crippen molar-refractivity contribution in [2.45, 2.75) is 6.92 Å². The van der Waals surface area contributed by atoms with Gasteiger partial charge in [0.05, 0.1) is 10.2 Å². The summed E-state index contributed by atoms with van der Waals surface area (Å²) >= 11 is 6.63. The average molecular weight is 370 g/mol. The Morgan fingerprint density at radius 3 is 2.33 bits per heavy atom. The topological polar surface area (TPSA) is 45.0 Å². The van der Waals surface area contributed by atoms with E-state index in [1.807, 2.05) is 37.3 Å². The Hall–Kier alpha value is -1.20. The van der Waals surface area contributed by atoms with Crippen LogP contribution in [0.3, 0.4) is 0 Å². The summed E-state index contributed by atoms with van der Waals surface area (Å²) < 4.78 is 1.61. The maximum absolute atomic E-state index is 9.84. The van der Waals surface area contributed by atoms with Gasteiger partial charge in [-0.15, -0.1) is 5.11 Å². The molecule has 0 radical (unpaired) electrons. The molecule has 92 valence electrons. The maximum atomic E-state index is 9.84. The molecule has 0 amide bonds. The third kappa shape index (κ3) is 3.17. The minimum atomic E-state index is 0.0986. The van der Waals surface area contributed by atoms with Crippen LogP contribution in [0.2, 0.25) is 0 Å². The number of phenols is 1. The highest BCUT2D eigenvalue weighted by molar-refractivity contribution is 9.10. The molecule has 2 aromatic carbocycles. The van der Waals surface area contributed by atoms with Gasteiger partial charge in [0.25, 0.3) is 0 Å². The fourth-order valence-electron chi connectivity index (χ4n) is 1.41. The fourth-order valence-corrected chi connectivity index (χ4v) is 2.24. The minimum Gasteiger partial charge on any atom is -0.505 e. The summed E-state index contributed by atoms with van der Waals surface area (Å²) in [5.41, 5.74) is 2.18. The molecule has 0 aromatic heterocycles. The normalized spacial score (nSPS) is 11.1. The smallest absolute Gasteiger partial charge is 0.157 e. The van der Waals surface area contributed by atoms with E-state index in [0.29, 0.717) is 10.2 Å². The summed E-state index contributed by atoms with van der Waals surface area (Å²) in [6.07, 6.45) is 0. The van der Waals surface area contributed by atoms with Crippen molar-refractivity contribution in [3.8, 4) is 5.75 Å². The molecule has 0 fully saturated rings. The SMILES string of the molecule is Cc1cc(Br)c(O)c(N=Nc2ccc(Br)cc2)c1. The van der Waals surface area contributed by atoms with E-state index in [1.165, 1.54) is 0 Å². The van der Waals surface area contributed by atoms with Gasteiger partial charge in [0.2, 0.25) is 0 Å².